The zero-order valence-corrected chi connectivity index (χ0v) is 13.0. The van der Waals surface area contributed by atoms with E-state index in [0.29, 0.717) is 10.6 Å². The summed E-state index contributed by atoms with van der Waals surface area (Å²) in [6.07, 6.45) is 0. The number of benzene rings is 2. The zero-order chi connectivity index (χ0) is 14.9. The third kappa shape index (κ3) is 2.87. The maximum atomic E-state index is 14.3. The van der Waals surface area contributed by atoms with E-state index < -0.39 is 0 Å². The summed E-state index contributed by atoms with van der Waals surface area (Å²) in [5.74, 6) is -0.182. The van der Waals surface area contributed by atoms with E-state index in [1.807, 2.05) is 52.1 Å². The summed E-state index contributed by atoms with van der Waals surface area (Å²) < 4.78 is 14.3. The van der Waals surface area contributed by atoms with Gasteiger partial charge in [0.05, 0.1) is 6.04 Å². The lowest BCUT2D eigenvalue weighted by Gasteiger charge is -2.21. The van der Waals surface area contributed by atoms with Gasteiger partial charge in [0.15, 0.2) is 0 Å². The summed E-state index contributed by atoms with van der Waals surface area (Å²) in [6, 6.07) is 9.22. The van der Waals surface area contributed by atoms with E-state index in [1.54, 1.807) is 6.07 Å². The molecule has 1 nitrogen and oxygen atoms in total. The Hall–Kier alpha value is -1.38. The van der Waals surface area contributed by atoms with Gasteiger partial charge in [-0.2, -0.15) is 0 Å². The maximum Gasteiger partial charge on any atom is 0.128 e. The van der Waals surface area contributed by atoms with Crippen LogP contribution < -0.4 is 5.32 Å². The molecule has 0 aliphatic heterocycles. The van der Waals surface area contributed by atoms with Crippen LogP contribution in [0.4, 0.5) is 4.39 Å². The molecule has 2 rings (SSSR count). The van der Waals surface area contributed by atoms with E-state index in [1.165, 1.54) is 0 Å². The van der Waals surface area contributed by atoms with Crippen molar-refractivity contribution in [2.45, 2.75) is 26.8 Å². The van der Waals surface area contributed by atoms with Crippen molar-refractivity contribution in [1.29, 1.82) is 0 Å². The Bertz CT molecular complexity index is 614. The van der Waals surface area contributed by atoms with Crippen molar-refractivity contribution in [3.05, 3.63) is 69.0 Å². The lowest BCUT2D eigenvalue weighted by molar-refractivity contribution is 0.572. The minimum Gasteiger partial charge on any atom is -0.309 e. The van der Waals surface area contributed by atoms with E-state index in [-0.39, 0.29) is 11.9 Å². The van der Waals surface area contributed by atoms with E-state index in [4.69, 9.17) is 11.6 Å². The number of halogens is 2. The van der Waals surface area contributed by atoms with Gasteiger partial charge >= 0.3 is 0 Å². The van der Waals surface area contributed by atoms with Crippen LogP contribution in [0.2, 0.25) is 5.02 Å². The van der Waals surface area contributed by atoms with Crippen LogP contribution in [0.1, 0.15) is 33.9 Å². The predicted molar refractivity (Wildman–Crippen MR) is 83.0 cm³/mol. The van der Waals surface area contributed by atoms with Crippen molar-refractivity contribution in [3.63, 3.8) is 0 Å². The van der Waals surface area contributed by atoms with Gasteiger partial charge in [0.2, 0.25) is 0 Å². The molecular weight excluding hydrogens is 273 g/mol. The lowest BCUT2D eigenvalue weighted by Crippen LogP contribution is -2.20. The molecule has 2 aromatic carbocycles. The first kappa shape index (κ1) is 15.0. The van der Waals surface area contributed by atoms with Gasteiger partial charge in [-0.25, -0.2) is 4.39 Å². The highest BCUT2D eigenvalue weighted by molar-refractivity contribution is 6.31. The SMILES string of the molecule is CNC(c1ccc(C)c(Cl)c1)c1c(C)cc(C)cc1F. The van der Waals surface area contributed by atoms with E-state index in [2.05, 4.69) is 5.32 Å². The molecule has 0 saturated heterocycles. The summed E-state index contributed by atoms with van der Waals surface area (Å²) >= 11 is 6.19. The number of aryl methyl sites for hydroxylation is 3. The molecule has 0 spiro atoms. The first-order chi connectivity index (χ1) is 9.43. The molecule has 106 valence electrons. The number of rotatable bonds is 3. The Kier molecular flexibility index (Phi) is 4.46. The average Bonchev–Trinajstić information content (AvgIpc) is 2.37. The molecule has 0 fully saturated rings. The summed E-state index contributed by atoms with van der Waals surface area (Å²) in [6.45, 7) is 5.79. The minimum absolute atomic E-state index is 0.182. The molecule has 1 unspecified atom stereocenters. The fourth-order valence-corrected chi connectivity index (χ4v) is 2.75. The van der Waals surface area contributed by atoms with Crippen molar-refractivity contribution in [2.24, 2.45) is 0 Å². The Morgan fingerprint density at radius 1 is 1.05 bits per heavy atom. The molecule has 0 heterocycles. The first-order valence-corrected chi connectivity index (χ1v) is 7.01. The summed E-state index contributed by atoms with van der Waals surface area (Å²) in [4.78, 5) is 0. The number of hydrogen-bond donors (Lipinski definition) is 1. The zero-order valence-electron chi connectivity index (χ0n) is 12.2. The molecule has 0 radical (unpaired) electrons. The number of nitrogens with one attached hydrogen (secondary N) is 1. The summed E-state index contributed by atoms with van der Waals surface area (Å²) in [5, 5.41) is 3.89. The van der Waals surface area contributed by atoms with Crippen LogP contribution in [0.15, 0.2) is 30.3 Å². The molecule has 1 N–H and O–H groups in total. The second-order valence-electron chi connectivity index (χ2n) is 5.21. The van der Waals surface area contributed by atoms with Gasteiger partial charge in [0, 0.05) is 10.6 Å². The second-order valence-corrected chi connectivity index (χ2v) is 5.61. The average molecular weight is 292 g/mol. The molecule has 20 heavy (non-hydrogen) atoms. The highest BCUT2D eigenvalue weighted by atomic mass is 35.5. The highest BCUT2D eigenvalue weighted by Crippen LogP contribution is 2.30. The molecule has 0 bridgehead atoms. The number of hydrogen-bond acceptors (Lipinski definition) is 1. The van der Waals surface area contributed by atoms with Gasteiger partial charge < -0.3 is 5.32 Å². The van der Waals surface area contributed by atoms with Crippen LogP contribution in [0, 0.1) is 26.6 Å². The van der Waals surface area contributed by atoms with Gasteiger partial charge in [-0.3, -0.25) is 0 Å². The van der Waals surface area contributed by atoms with Crippen LogP contribution in [0.5, 0.6) is 0 Å². The highest BCUT2D eigenvalue weighted by Gasteiger charge is 2.19. The van der Waals surface area contributed by atoms with Gasteiger partial charge in [-0.1, -0.05) is 29.8 Å². The van der Waals surface area contributed by atoms with E-state index in [0.717, 1.165) is 22.3 Å². The van der Waals surface area contributed by atoms with E-state index in [9.17, 15) is 4.39 Å². The third-order valence-corrected chi connectivity index (χ3v) is 3.99. The molecular formula is C17H19ClFN. The first-order valence-electron chi connectivity index (χ1n) is 6.64. The quantitative estimate of drug-likeness (QED) is 0.863. The van der Waals surface area contributed by atoms with Crippen molar-refractivity contribution in [3.8, 4) is 0 Å². The molecule has 0 aromatic heterocycles. The smallest absolute Gasteiger partial charge is 0.128 e. The second kappa shape index (κ2) is 5.94. The van der Waals surface area contributed by atoms with Crippen LogP contribution >= 0.6 is 11.6 Å². The third-order valence-electron chi connectivity index (χ3n) is 3.59. The topological polar surface area (TPSA) is 12.0 Å². The van der Waals surface area contributed by atoms with Crippen molar-refractivity contribution < 1.29 is 4.39 Å². The van der Waals surface area contributed by atoms with Gasteiger partial charge in [-0.15, -0.1) is 0 Å². The van der Waals surface area contributed by atoms with Crippen molar-refractivity contribution in [2.75, 3.05) is 7.05 Å². The summed E-state index contributed by atoms with van der Waals surface area (Å²) in [5.41, 5.74) is 4.54. The fourth-order valence-electron chi connectivity index (χ4n) is 2.56. The van der Waals surface area contributed by atoms with Crippen LogP contribution in [0.25, 0.3) is 0 Å². The van der Waals surface area contributed by atoms with Gasteiger partial charge in [0.25, 0.3) is 0 Å². The van der Waals surface area contributed by atoms with Crippen LogP contribution in [-0.4, -0.2) is 7.05 Å². The van der Waals surface area contributed by atoms with E-state index >= 15 is 0 Å². The lowest BCUT2D eigenvalue weighted by atomic mass is 9.93. The molecule has 0 aliphatic rings. The molecule has 1 atom stereocenters. The Balaban J connectivity index is 2.55. The standard InChI is InChI=1S/C17H19ClFN/c1-10-7-12(3)16(15(19)8-10)17(20-4)13-6-5-11(2)14(18)9-13/h5-9,17,20H,1-4H3. The van der Waals surface area contributed by atoms with Gasteiger partial charge in [0.1, 0.15) is 5.82 Å². The monoisotopic (exact) mass is 291 g/mol. The molecule has 3 heteroatoms. The fraction of sp³-hybridized carbons (Fsp3) is 0.294. The Morgan fingerprint density at radius 3 is 2.30 bits per heavy atom. The maximum absolute atomic E-state index is 14.3. The molecule has 0 amide bonds. The molecule has 0 aliphatic carbocycles. The molecule has 0 saturated carbocycles. The Labute approximate surface area is 124 Å². The Morgan fingerprint density at radius 2 is 1.75 bits per heavy atom. The van der Waals surface area contributed by atoms with Crippen LogP contribution in [0.3, 0.4) is 0 Å². The van der Waals surface area contributed by atoms with Crippen molar-refractivity contribution >= 4 is 11.6 Å². The summed E-state index contributed by atoms with van der Waals surface area (Å²) in [7, 11) is 1.83. The van der Waals surface area contributed by atoms with Crippen LogP contribution in [-0.2, 0) is 0 Å². The minimum atomic E-state index is -0.200. The predicted octanol–water partition coefficient (Wildman–Crippen LogP) is 4.71. The van der Waals surface area contributed by atoms with Crippen molar-refractivity contribution in [1.82, 2.24) is 5.32 Å². The van der Waals surface area contributed by atoms with Gasteiger partial charge in [-0.05, 0) is 62.2 Å². The molecule has 2 aromatic rings. The largest absolute Gasteiger partial charge is 0.309 e. The normalized spacial score (nSPS) is 12.5.